The Kier molecular flexibility index (Phi) is 6.59. The lowest BCUT2D eigenvalue weighted by molar-refractivity contribution is -0.125. The number of halogens is 1. The minimum absolute atomic E-state index is 0.0607. The van der Waals surface area contributed by atoms with E-state index in [0.29, 0.717) is 30.3 Å². The van der Waals surface area contributed by atoms with Gasteiger partial charge >= 0.3 is 0 Å². The Labute approximate surface area is 161 Å². The lowest BCUT2D eigenvalue weighted by Gasteiger charge is -2.19. The van der Waals surface area contributed by atoms with Gasteiger partial charge in [0.1, 0.15) is 17.3 Å². The van der Waals surface area contributed by atoms with Gasteiger partial charge in [-0.05, 0) is 48.5 Å². The van der Waals surface area contributed by atoms with Crippen molar-refractivity contribution in [3.05, 3.63) is 78.4 Å². The number of carbonyl (C=O) groups is 2. The number of benzene rings is 1. The van der Waals surface area contributed by atoms with Crippen LogP contribution in [-0.4, -0.2) is 29.8 Å². The maximum atomic E-state index is 12.9. The third-order valence-corrected chi connectivity index (χ3v) is 3.86. The van der Waals surface area contributed by atoms with Crippen LogP contribution in [-0.2, 0) is 22.7 Å². The second kappa shape index (κ2) is 9.52. The monoisotopic (exact) mass is 385 g/mol. The standard InChI is InChI=1S/C20H20FN3O4/c21-15-5-7-16(8-6-15)23-19(25)11-22-20(26)14-24(12-17-3-1-9-27-17)13-18-4-2-10-28-18/h1-10H,11-14H2,(H,22,26)(H,23,25). The zero-order valence-electron chi connectivity index (χ0n) is 15.1. The van der Waals surface area contributed by atoms with Crippen LogP contribution in [0.3, 0.4) is 0 Å². The van der Waals surface area contributed by atoms with Crippen LogP contribution >= 0.6 is 0 Å². The Morgan fingerprint density at radius 1 is 0.893 bits per heavy atom. The van der Waals surface area contributed by atoms with Crippen LogP contribution in [0.4, 0.5) is 10.1 Å². The number of amides is 2. The first-order valence-electron chi connectivity index (χ1n) is 8.68. The fourth-order valence-corrected chi connectivity index (χ4v) is 2.59. The molecule has 0 saturated heterocycles. The number of nitrogens with zero attached hydrogens (tertiary/aromatic N) is 1. The molecular formula is C20H20FN3O4. The second-order valence-electron chi connectivity index (χ2n) is 6.14. The molecule has 1 aromatic carbocycles. The van der Waals surface area contributed by atoms with E-state index < -0.39 is 5.91 Å². The minimum atomic E-state index is -0.399. The number of carbonyl (C=O) groups excluding carboxylic acids is 2. The summed E-state index contributed by atoms with van der Waals surface area (Å²) in [6, 6.07) is 12.6. The zero-order valence-corrected chi connectivity index (χ0v) is 15.1. The van der Waals surface area contributed by atoms with Crippen LogP contribution in [0.15, 0.2) is 69.9 Å². The van der Waals surface area contributed by atoms with Gasteiger partial charge in [0.2, 0.25) is 11.8 Å². The van der Waals surface area contributed by atoms with E-state index >= 15 is 0 Å². The topological polar surface area (TPSA) is 87.7 Å². The molecule has 0 aliphatic heterocycles. The first-order chi connectivity index (χ1) is 13.6. The summed E-state index contributed by atoms with van der Waals surface area (Å²) >= 11 is 0. The smallest absolute Gasteiger partial charge is 0.243 e. The fraction of sp³-hybridized carbons (Fsp3) is 0.200. The highest BCUT2D eigenvalue weighted by molar-refractivity contribution is 5.94. The molecule has 8 heteroatoms. The van der Waals surface area contributed by atoms with Crippen LogP contribution in [0.2, 0.25) is 0 Å². The molecule has 2 N–H and O–H groups in total. The largest absolute Gasteiger partial charge is 0.468 e. The molecule has 0 saturated carbocycles. The third kappa shape index (κ3) is 6.10. The van der Waals surface area contributed by atoms with E-state index in [9.17, 15) is 14.0 Å². The van der Waals surface area contributed by atoms with E-state index in [-0.39, 0.29) is 24.8 Å². The van der Waals surface area contributed by atoms with Crippen molar-refractivity contribution in [3.8, 4) is 0 Å². The Morgan fingerprint density at radius 2 is 1.50 bits per heavy atom. The van der Waals surface area contributed by atoms with Crippen molar-refractivity contribution >= 4 is 17.5 Å². The summed E-state index contributed by atoms with van der Waals surface area (Å²) in [7, 11) is 0. The maximum Gasteiger partial charge on any atom is 0.243 e. The SMILES string of the molecule is O=C(CN(Cc1ccco1)Cc1ccco1)NCC(=O)Nc1ccc(F)cc1. The van der Waals surface area contributed by atoms with Gasteiger partial charge < -0.3 is 19.5 Å². The summed E-state index contributed by atoms with van der Waals surface area (Å²) in [4.78, 5) is 26.0. The average Bonchev–Trinajstić information content (AvgIpc) is 3.36. The molecule has 0 unspecified atom stereocenters. The van der Waals surface area contributed by atoms with Crippen LogP contribution < -0.4 is 10.6 Å². The predicted octanol–water partition coefficient (Wildman–Crippen LogP) is 2.77. The van der Waals surface area contributed by atoms with Gasteiger partial charge in [-0.15, -0.1) is 0 Å². The summed E-state index contributed by atoms with van der Waals surface area (Å²) in [5.41, 5.74) is 0.456. The summed E-state index contributed by atoms with van der Waals surface area (Å²) in [6.45, 7) is 0.711. The molecule has 146 valence electrons. The van der Waals surface area contributed by atoms with Gasteiger partial charge in [-0.1, -0.05) is 0 Å². The van der Waals surface area contributed by atoms with Crippen molar-refractivity contribution in [1.82, 2.24) is 10.2 Å². The summed E-state index contributed by atoms with van der Waals surface area (Å²) in [6.07, 6.45) is 3.14. The lowest BCUT2D eigenvalue weighted by atomic mass is 10.3. The van der Waals surface area contributed by atoms with Crippen molar-refractivity contribution < 1.29 is 22.8 Å². The number of furan rings is 2. The molecule has 2 amide bonds. The van der Waals surface area contributed by atoms with E-state index in [1.807, 2.05) is 17.0 Å². The summed E-state index contributed by atoms with van der Waals surface area (Å²) in [5.74, 6) is 0.331. The Morgan fingerprint density at radius 3 is 2.04 bits per heavy atom. The molecule has 28 heavy (non-hydrogen) atoms. The summed E-state index contributed by atoms with van der Waals surface area (Å²) in [5, 5.41) is 5.16. The van der Waals surface area contributed by atoms with Gasteiger partial charge in [-0.2, -0.15) is 0 Å². The highest BCUT2D eigenvalue weighted by Crippen LogP contribution is 2.11. The Hall–Kier alpha value is -3.39. The van der Waals surface area contributed by atoms with Gasteiger partial charge in [0.05, 0.1) is 38.7 Å². The van der Waals surface area contributed by atoms with Crippen molar-refractivity contribution in [2.75, 3.05) is 18.4 Å². The van der Waals surface area contributed by atoms with Crippen molar-refractivity contribution in [2.45, 2.75) is 13.1 Å². The highest BCUT2D eigenvalue weighted by Gasteiger charge is 2.15. The van der Waals surface area contributed by atoms with E-state index in [1.165, 1.54) is 24.3 Å². The van der Waals surface area contributed by atoms with E-state index in [1.54, 1.807) is 24.7 Å². The minimum Gasteiger partial charge on any atom is -0.468 e. The first kappa shape index (κ1) is 19.4. The maximum absolute atomic E-state index is 12.9. The van der Waals surface area contributed by atoms with E-state index in [2.05, 4.69) is 10.6 Å². The molecule has 3 rings (SSSR count). The first-order valence-corrected chi connectivity index (χ1v) is 8.68. The summed E-state index contributed by atoms with van der Waals surface area (Å²) < 4.78 is 23.6. The highest BCUT2D eigenvalue weighted by atomic mass is 19.1. The van der Waals surface area contributed by atoms with E-state index in [4.69, 9.17) is 8.83 Å². The molecule has 0 aliphatic carbocycles. The predicted molar refractivity (Wildman–Crippen MR) is 99.6 cm³/mol. The molecule has 0 bridgehead atoms. The number of anilines is 1. The molecule has 0 radical (unpaired) electrons. The molecule has 2 aromatic heterocycles. The van der Waals surface area contributed by atoms with Crippen LogP contribution in [0.5, 0.6) is 0 Å². The normalized spacial score (nSPS) is 10.8. The fourth-order valence-electron chi connectivity index (χ4n) is 2.59. The van der Waals surface area contributed by atoms with Gasteiger partial charge in [-0.3, -0.25) is 14.5 Å². The number of nitrogens with one attached hydrogen (secondary N) is 2. The molecule has 0 spiro atoms. The zero-order chi connectivity index (χ0) is 19.8. The van der Waals surface area contributed by atoms with Gasteiger partial charge in [0.15, 0.2) is 0 Å². The molecule has 2 heterocycles. The molecular weight excluding hydrogens is 365 g/mol. The second-order valence-corrected chi connectivity index (χ2v) is 6.14. The molecule has 0 aliphatic rings. The van der Waals surface area contributed by atoms with Crippen molar-refractivity contribution in [2.24, 2.45) is 0 Å². The molecule has 0 fully saturated rings. The number of hydrogen-bond donors (Lipinski definition) is 2. The Balaban J connectivity index is 1.49. The van der Waals surface area contributed by atoms with Gasteiger partial charge in [-0.25, -0.2) is 4.39 Å². The lowest BCUT2D eigenvalue weighted by Crippen LogP contribution is -2.40. The van der Waals surface area contributed by atoms with Gasteiger partial charge in [0.25, 0.3) is 0 Å². The van der Waals surface area contributed by atoms with Gasteiger partial charge in [0, 0.05) is 5.69 Å². The third-order valence-electron chi connectivity index (χ3n) is 3.86. The van der Waals surface area contributed by atoms with Crippen LogP contribution in [0.1, 0.15) is 11.5 Å². The quantitative estimate of drug-likeness (QED) is 0.591. The molecule has 0 atom stereocenters. The number of hydrogen-bond acceptors (Lipinski definition) is 5. The van der Waals surface area contributed by atoms with E-state index in [0.717, 1.165) is 0 Å². The van der Waals surface area contributed by atoms with Crippen LogP contribution in [0.25, 0.3) is 0 Å². The average molecular weight is 385 g/mol. The van der Waals surface area contributed by atoms with Crippen molar-refractivity contribution in [3.63, 3.8) is 0 Å². The van der Waals surface area contributed by atoms with Crippen molar-refractivity contribution in [1.29, 1.82) is 0 Å². The van der Waals surface area contributed by atoms with Crippen LogP contribution in [0, 0.1) is 5.82 Å². The molecule has 3 aromatic rings. The number of rotatable bonds is 9. The molecule has 7 nitrogen and oxygen atoms in total. The Bertz CT molecular complexity index is 841.